The third-order valence-electron chi connectivity index (χ3n) is 6.57. The van der Waals surface area contributed by atoms with E-state index in [9.17, 15) is 36.6 Å². The number of amides is 2. The SMILES string of the molecule is CC1(O)CC(Nc2cc(NC(=O)c3cc(F)cc(C(F)(F)F)c3)c3c(n2)C(=O)NC3c2cc(F)ccc2Cl)C1. The van der Waals surface area contributed by atoms with E-state index < -0.39 is 52.4 Å². The normalized spacial score (nSPS) is 22.1. The molecule has 204 valence electrons. The molecule has 0 radical (unpaired) electrons. The quantitative estimate of drug-likeness (QED) is 0.308. The first-order valence-corrected chi connectivity index (χ1v) is 12.1. The Morgan fingerprint density at radius 2 is 1.85 bits per heavy atom. The van der Waals surface area contributed by atoms with Crippen LogP contribution in [0.1, 0.15) is 63.3 Å². The topological polar surface area (TPSA) is 103 Å². The molecule has 3 aromatic rings. The molecule has 0 bridgehead atoms. The maximum absolute atomic E-state index is 14.1. The number of carbonyl (C=O) groups is 2. The highest BCUT2D eigenvalue weighted by molar-refractivity contribution is 6.31. The molecule has 2 heterocycles. The fourth-order valence-corrected chi connectivity index (χ4v) is 5.06. The van der Waals surface area contributed by atoms with Gasteiger partial charge in [-0.25, -0.2) is 13.8 Å². The van der Waals surface area contributed by atoms with E-state index in [0.29, 0.717) is 25.0 Å². The van der Waals surface area contributed by atoms with Gasteiger partial charge >= 0.3 is 6.18 Å². The third kappa shape index (κ3) is 5.39. The number of aliphatic hydroxyl groups is 1. The number of halogens is 6. The maximum Gasteiger partial charge on any atom is 0.416 e. The number of fused-ring (bicyclic) bond motifs is 1. The third-order valence-corrected chi connectivity index (χ3v) is 6.91. The Labute approximate surface area is 223 Å². The molecule has 1 unspecified atom stereocenters. The molecule has 1 atom stereocenters. The molecule has 1 aromatic heterocycles. The Morgan fingerprint density at radius 1 is 1.13 bits per heavy atom. The molecule has 2 amide bonds. The van der Waals surface area contributed by atoms with Crippen LogP contribution < -0.4 is 16.0 Å². The van der Waals surface area contributed by atoms with Crippen molar-refractivity contribution < 1.29 is 36.6 Å². The van der Waals surface area contributed by atoms with Gasteiger partial charge in [-0.05, 0) is 56.2 Å². The monoisotopic (exact) mass is 566 g/mol. The average Bonchev–Trinajstić information content (AvgIpc) is 3.15. The second-order valence-corrected chi connectivity index (χ2v) is 10.2. The minimum Gasteiger partial charge on any atom is -0.390 e. The van der Waals surface area contributed by atoms with Crippen molar-refractivity contribution in [3.05, 3.63) is 87.1 Å². The zero-order valence-electron chi connectivity index (χ0n) is 20.1. The number of pyridine rings is 1. The molecule has 2 aliphatic rings. The summed E-state index contributed by atoms with van der Waals surface area (Å²) in [7, 11) is 0. The molecule has 1 fully saturated rings. The Morgan fingerprint density at radius 3 is 2.51 bits per heavy atom. The average molecular weight is 567 g/mol. The number of alkyl halides is 3. The Bertz CT molecular complexity index is 1500. The van der Waals surface area contributed by atoms with Gasteiger partial charge < -0.3 is 21.1 Å². The van der Waals surface area contributed by atoms with Crippen LogP contribution in [0.5, 0.6) is 0 Å². The van der Waals surface area contributed by atoms with E-state index >= 15 is 0 Å². The van der Waals surface area contributed by atoms with E-state index in [1.165, 1.54) is 12.1 Å². The highest BCUT2D eigenvalue weighted by atomic mass is 35.5. The first kappa shape index (κ1) is 26.8. The summed E-state index contributed by atoms with van der Waals surface area (Å²) in [5.74, 6) is -3.53. The van der Waals surface area contributed by atoms with Crippen molar-refractivity contribution in [2.75, 3.05) is 10.6 Å². The van der Waals surface area contributed by atoms with Gasteiger partial charge in [-0.2, -0.15) is 13.2 Å². The molecule has 4 N–H and O–H groups in total. The highest BCUT2D eigenvalue weighted by Gasteiger charge is 2.40. The summed E-state index contributed by atoms with van der Waals surface area (Å²) < 4.78 is 67.7. The first-order chi connectivity index (χ1) is 18.2. The number of anilines is 2. The van der Waals surface area contributed by atoms with Gasteiger partial charge in [0.1, 0.15) is 23.1 Å². The number of hydrogen-bond acceptors (Lipinski definition) is 5. The maximum atomic E-state index is 14.1. The molecule has 0 saturated heterocycles. The van der Waals surface area contributed by atoms with Gasteiger partial charge in [-0.15, -0.1) is 0 Å². The van der Waals surface area contributed by atoms with Gasteiger partial charge in [-0.3, -0.25) is 9.59 Å². The minimum atomic E-state index is -4.90. The second-order valence-electron chi connectivity index (χ2n) is 9.82. The summed E-state index contributed by atoms with van der Waals surface area (Å²) in [4.78, 5) is 30.3. The van der Waals surface area contributed by atoms with Crippen LogP contribution in [-0.4, -0.2) is 33.5 Å². The van der Waals surface area contributed by atoms with Crippen LogP contribution in [0.4, 0.5) is 33.5 Å². The highest BCUT2D eigenvalue weighted by Crippen LogP contribution is 2.41. The summed E-state index contributed by atoms with van der Waals surface area (Å²) in [6, 6.07) is 5.00. The molecular weight excluding hydrogens is 547 g/mol. The van der Waals surface area contributed by atoms with E-state index in [2.05, 4.69) is 20.9 Å². The van der Waals surface area contributed by atoms with Crippen LogP contribution in [0, 0.1) is 11.6 Å². The van der Waals surface area contributed by atoms with Crippen molar-refractivity contribution in [3.8, 4) is 0 Å². The number of rotatable bonds is 5. The Balaban J connectivity index is 1.57. The van der Waals surface area contributed by atoms with Crippen LogP contribution in [0.25, 0.3) is 0 Å². The van der Waals surface area contributed by atoms with Crippen molar-refractivity contribution in [2.24, 2.45) is 0 Å². The lowest BCUT2D eigenvalue weighted by Gasteiger charge is -2.41. The summed E-state index contributed by atoms with van der Waals surface area (Å²) in [6.45, 7) is 1.65. The fourth-order valence-electron chi connectivity index (χ4n) is 4.83. The largest absolute Gasteiger partial charge is 0.416 e. The smallest absolute Gasteiger partial charge is 0.390 e. The molecule has 1 saturated carbocycles. The molecular formula is C26H20ClF5N4O3. The molecule has 5 rings (SSSR count). The van der Waals surface area contributed by atoms with Gasteiger partial charge in [0, 0.05) is 33.8 Å². The molecule has 39 heavy (non-hydrogen) atoms. The van der Waals surface area contributed by atoms with Crippen LogP contribution in [0.15, 0.2) is 42.5 Å². The van der Waals surface area contributed by atoms with Crippen LogP contribution in [-0.2, 0) is 6.18 Å². The van der Waals surface area contributed by atoms with Gasteiger partial charge in [0.25, 0.3) is 11.8 Å². The van der Waals surface area contributed by atoms with Gasteiger partial charge in [0.15, 0.2) is 0 Å². The number of nitrogens with one attached hydrogen (secondary N) is 3. The molecule has 7 nitrogen and oxygen atoms in total. The summed E-state index contributed by atoms with van der Waals surface area (Å²) in [5, 5.41) is 18.3. The molecule has 1 aliphatic carbocycles. The van der Waals surface area contributed by atoms with Crippen molar-refractivity contribution in [3.63, 3.8) is 0 Å². The van der Waals surface area contributed by atoms with Crippen LogP contribution in [0.3, 0.4) is 0 Å². The van der Waals surface area contributed by atoms with Gasteiger partial charge in [-0.1, -0.05) is 11.6 Å². The number of aromatic nitrogens is 1. The Hall–Kier alpha value is -3.77. The van der Waals surface area contributed by atoms with Gasteiger partial charge in [0.05, 0.1) is 22.9 Å². The van der Waals surface area contributed by atoms with Crippen molar-refractivity contribution in [1.82, 2.24) is 10.3 Å². The predicted molar refractivity (Wildman–Crippen MR) is 132 cm³/mol. The van der Waals surface area contributed by atoms with Crippen LogP contribution in [0.2, 0.25) is 5.02 Å². The Kier molecular flexibility index (Phi) is 6.50. The van der Waals surface area contributed by atoms with E-state index in [-0.39, 0.29) is 45.5 Å². The molecule has 1 aliphatic heterocycles. The lowest BCUT2D eigenvalue weighted by molar-refractivity contribution is -0.137. The van der Waals surface area contributed by atoms with E-state index in [4.69, 9.17) is 11.6 Å². The lowest BCUT2D eigenvalue weighted by Crippen LogP contribution is -2.48. The first-order valence-electron chi connectivity index (χ1n) is 11.7. The number of carbonyl (C=O) groups excluding carboxylic acids is 2. The van der Waals surface area contributed by atoms with E-state index in [1.807, 2.05) is 0 Å². The zero-order chi connectivity index (χ0) is 28.3. The summed E-state index contributed by atoms with van der Waals surface area (Å²) in [5.41, 5.74) is -2.78. The molecule has 13 heteroatoms. The number of hydrogen-bond donors (Lipinski definition) is 4. The fraction of sp³-hybridized carbons (Fsp3) is 0.269. The van der Waals surface area contributed by atoms with Crippen molar-refractivity contribution >= 4 is 34.9 Å². The van der Waals surface area contributed by atoms with Gasteiger partial charge in [0.2, 0.25) is 0 Å². The lowest BCUT2D eigenvalue weighted by atomic mass is 9.77. The summed E-state index contributed by atoms with van der Waals surface area (Å²) >= 11 is 6.27. The van der Waals surface area contributed by atoms with Crippen molar-refractivity contribution in [2.45, 2.75) is 43.6 Å². The molecule has 0 spiro atoms. The minimum absolute atomic E-state index is 0.0416. The van der Waals surface area contributed by atoms with Crippen molar-refractivity contribution in [1.29, 1.82) is 0 Å². The molecule has 2 aromatic carbocycles. The number of benzene rings is 2. The zero-order valence-corrected chi connectivity index (χ0v) is 20.8. The standard InChI is InChI=1S/C26H20ClF5N4O3/c1-25(39)9-15(10-25)33-19-8-18(34-23(37)11-4-12(26(30,31)32)6-14(29)5-11)20-21(36-24(38)22(20)35-19)16-7-13(28)2-3-17(16)27/h2-8,15,21,39H,9-10H2,1H3,(H,36,38)(H2,33,34,35,37). The van der Waals surface area contributed by atoms with E-state index in [1.54, 1.807) is 6.92 Å². The second kappa shape index (κ2) is 9.45. The van der Waals surface area contributed by atoms with E-state index in [0.717, 1.165) is 12.1 Å². The predicted octanol–water partition coefficient (Wildman–Crippen LogP) is 5.44. The summed E-state index contributed by atoms with van der Waals surface area (Å²) in [6.07, 6.45) is -4.14. The number of nitrogens with zero attached hydrogens (tertiary/aromatic N) is 1. The van der Waals surface area contributed by atoms with Crippen LogP contribution >= 0.6 is 11.6 Å².